The molecule has 0 radical (unpaired) electrons. The minimum Gasteiger partial charge on any atom is -0.309 e. The van der Waals surface area contributed by atoms with E-state index in [2.05, 4.69) is 30.4 Å². The zero-order valence-electron chi connectivity index (χ0n) is 10.2. The smallest absolute Gasteiger partial charge is 0.141 e. The van der Waals surface area contributed by atoms with Gasteiger partial charge in [-0.1, -0.05) is 24.3 Å². The van der Waals surface area contributed by atoms with Crippen molar-refractivity contribution in [1.29, 1.82) is 0 Å². The van der Waals surface area contributed by atoms with Crippen LogP contribution in [-0.4, -0.2) is 38.9 Å². The Morgan fingerprint density at radius 1 is 1.38 bits per heavy atom. The van der Waals surface area contributed by atoms with E-state index in [4.69, 9.17) is 0 Å². The van der Waals surface area contributed by atoms with Crippen molar-refractivity contribution >= 4 is 6.29 Å². The van der Waals surface area contributed by atoms with Crippen molar-refractivity contribution < 1.29 is 4.79 Å². The van der Waals surface area contributed by atoms with Gasteiger partial charge in [-0.3, -0.25) is 0 Å². The molecule has 0 aliphatic heterocycles. The van der Waals surface area contributed by atoms with Crippen molar-refractivity contribution in [2.75, 3.05) is 27.7 Å². The Balaban J connectivity index is 2.86. The molecule has 1 atom stereocenters. The molecule has 0 aliphatic rings. The van der Waals surface area contributed by atoms with Gasteiger partial charge in [0.05, 0.1) is 6.04 Å². The quantitative estimate of drug-likeness (QED) is 0.732. The van der Waals surface area contributed by atoms with Crippen LogP contribution in [0.5, 0.6) is 0 Å². The number of likely N-dealkylation sites (N-methyl/N-ethyl adjacent to an activating group) is 2. The maximum Gasteiger partial charge on any atom is 0.141 e. The van der Waals surface area contributed by atoms with Gasteiger partial charge in [-0.2, -0.15) is 0 Å². The normalized spacial score (nSPS) is 12.8. The molecule has 88 valence electrons. The Morgan fingerprint density at radius 3 is 2.62 bits per heavy atom. The maximum absolute atomic E-state index is 11.0. The Morgan fingerprint density at radius 2 is 2.06 bits per heavy atom. The van der Waals surface area contributed by atoms with Gasteiger partial charge in [0.15, 0.2) is 0 Å². The second-order valence-corrected chi connectivity index (χ2v) is 4.15. The summed E-state index contributed by atoms with van der Waals surface area (Å²) in [5, 5.41) is 3.01. The Hall–Kier alpha value is -1.19. The highest BCUT2D eigenvalue weighted by atomic mass is 16.1. The van der Waals surface area contributed by atoms with Gasteiger partial charge in [-0.05, 0) is 38.7 Å². The molecule has 3 heteroatoms. The van der Waals surface area contributed by atoms with Gasteiger partial charge in [0.25, 0.3) is 0 Å². The van der Waals surface area contributed by atoms with E-state index in [1.807, 2.05) is 25.2 Å². The van der Waals surface area contributed by atoms with Crippen molar-refractivity contribution in [3.63, 3.8) is 0 Å². The van der Waals surface area contributed by atoms with Gasteiger partial charge in [-0.15, -0.1) is 0 Å². The highest BCUT2D eigenvalue weighted by Crippen LogP contribution is 2.16. The number of hydrogen-bond donors (Lipinski definition) is 1. The molecule has 0 aromatic heterocycles. The lowest BCUT2D eigenvalue weighted by molar-refractivity contribution is -0.109. The summed E-state index contributed by atoms with van der Waals surface area (Å²) in [5.74, 6) is 0. The van der Waals surface area contributed by atoms with Crippen LogP contribution in [0, 0.1) is 0 Å². The fraction of sp³-hybridized carbons (Fsp3) is 0.462. The monoisotopic (exact) mass is 220 g/mol. The lowest BCUT2D eigenvalue weighted by Crippen LogP contribution is -2.21. The third-order valence-electron chi connectivity index (χ3n) is 2.67. The largest absolute Gasteiger partial charge is 0.309 e. The number of benzene rings is 1. The predicted molar refractivity (Wildman–Crippen MR) is 66.6 cm³/mol. The molecule has 1 aromatic rings. The average Bonchev–Trinajstić information content (AvgIpc) is 2.29. The standard InChI is InChI=1S/C13H20N2O/c1-14-13(10-16)12-7-5-4-6-11(12)8-9-15(2)3/h4-7,10,13-14H,8-9H2,1-3H3. The molecule has 1 N–H and O–H groups in total. The summed E-state index contributed by atoms with van der Waals surface area (Å²) in [6.45, 7) is 0.992. The minimum absolute atomic E-state index is 0.196. The fourth-order valence-corrected chi connectivity index (χ4v) is 1.71. The summed E-state index contributed by atoms with van der Waals surface area (Å²) in [4.78, 5) is 13.1. The SMILES string of the molecule is CNC(C=O)c1ccccc1CCN(C)C. The molecule has 0 heterocycles. The molecule has 0 saturated carbocycles. The molecule has 0 saturated heterocycles. The van der Waals surface area contributed by atoms with Crippen LogP contribution < -0.4 is 5.32 Å². The fourth-order valence-electron chi connectivity index (χ4n) is 1.71. The van der Waals surface area contributed by atoms with Crippen LogP contribution in [0.1, 0.15) is 17.2 Å². The lowest BCUT2D eigenvalue weighted by atomic mass is 9.99. The number of rotatable bonds is 6. The molecule has 1 rings (SSSR count). The number of nitrogens with zero attached hydrogens (tertiary/aromatic N) is 1. The molecular weight excluding hydrogens is 200 g/mol. The first-order valence-electron chi connectivity index (χ1n) is 5.54. The van der Waals surface area contributed by atoms with Crippen molar-refractivity contribution in [2.24, 2.45) is 0 Å². The number of hydrogen-bond acceptors (Lipinski definition) is 3. The van der Waals surface area contributed by atoms with E-state index in [0.29, 0.717) is 0 Å². The molecule has 3 nitrogen and oxygen atoms in total. The topological polar surface area (TPSA) is 32.3 Å². The first-order valence-corrected chi connectivity index (χ1v) is 5.54. The Labute approximate surface area is 97.5 Å². The first kappa shape index (κ1) is 12.9. The molecule has 0 amide bonds. The van der Waals surface area contributed by atoms with Crippen LogP contribution in [0.15, 0.2) is 24.3 Å². The van der Waals surface area contributed by atoms with E-state index < -0.39 is 0 Å². The van der Waals surface area contributed by atoms with E-state index in [9.17, 15) is 4.79 Å². The summed E-state index contributed by atoms with van der Waals surface area (Å²) in [6, 6.07) is 7.90. The highest BCUT2D eigenvalue weighted by molar-refractivity contribution is 5.62. The van der Waals surface area contributed by atoms with E-state index in [-0.39, 0.29) is 6.04 Å². The van der Waals surface area contributed by atoms with E-state index >= 15 is 0 Å². The second-order valence-electron chi connectivity index (χ2n) is 4.15. The van der Waals surface area contributed by atoms with Gasteiger partial charge < -0.3 is 15.0 Å². The number of carbonyl (C=O) groups is 1. The zero-order valence-corrected chi connectivity index (χ0v) is 10.2. The molecule has 16 heavy (non-hydrogen) atoms. The molecule has 0 aliphatic carbocycles. The summed E-state index contributed by atoms with van der Waals surface area (Å²) in [7, 11) is 5.91. The van der Waals surface area contributed by atoms with Crippen molar-refractivity contribution in [3.8, 4) is 0 Å². The minimum atomic E-state index is -0.196. The van der Waals surface area contributed by atoms with Crippen LogP contribution in [-0.2, 0) is 11.2 Å². The highest BCUT2D eigenvalue weighted by Gasteiger charge is 2.11. The summed E-state index contributed by atoms with van der Waals surface area (Å²) in [6.07, 6.45) is 1.92. The van der Waals surface area contributed by atoms with Crippen molar-refractivity contribution in [3.05, 3.63) is 35.4 Å². The van der Waals surface area contributed by atoms with Crippen LogP contribution in [0.3, 0.4) is 0 Å². The Kier molecular flexibility index (Phi) is 5.15. The molecular formula is C13H20N2O. The summed E-state index contributed by atoms with van der Waals surface area (Å²) in [5.41, 5.74) is 2.32. The summed E-state index contributed by atoms with van der Waals surface area (Å²) >= 11 is 0. The van der Waals surface area contributed by atoms with E-state index in [1.54, 1.807) is 0 Å². The molecule has 1 aromatic carbocycles. The van der Waals surface area contributed by atoms with Gasteiger partial charge >= 0.3 is 0 Å². The van der Waals surface area contributed by atoms with Crippen LogP contribution in [0.4, 0.5) is 0 Å². The third-order valence-corrected chi connectivity index (χ3v) is 2.67. The first-order chi connectivity index (χ1) is 7.69. The molecule has 0 fully saturated rings. The lowest BCUT2D eigenvalue weighted by Gasteiger charge is -2.16. The van der Waals surface area contributed by atoms with E-state index in [1.165, 1.54) is 5.56 Å². The predicted octanol–water partition coefficient (Wildman–Crippen LogP) is 1.25. The van der Waals surface area contributed by atoms with Gasteiger partial charge in [0.1, 0.15) is 6.29 Å². The number of carbonyl (C=O) groups excluding carboxylic acids is 1. The van der Waals surface area contributed by atoms with Crippen LogP contribution in [0.25, 0.3) is 0 Å². The van der Waals surface area contributed by atoms with Crippen molar-refractivity contribution in [2.45, 2.75) is 12.5 Å². The molecule has 1 unspecified atom stereocenters. The number of nitrogens with one attached hydrogen (secondary N) is 1. The molecule has 0 bridgehead atoms. The Bertz CT molecular complexity index is 336. The second kappa shape index (κ2) is 6.40. The molecule has 0 spiro atoms. The maximum atomic E-state index is 11.0. The zero-order chi connectivity index (χ0) is 12.0. The van der Waals surface area contributed by atoms with Crippen molar-refractivity contribution in [1.82, 2.24) is 10.2 Å². The third kappa shape index (κ3) is 3.43. The average molecular weight is 220 g/mol. The van der Waals surface area contributed by atoms with E-state index in [0.717, 1.165) is 24.8 Å². The van der Waals surface area contributed by atoms with Crippen LogP contribution >= 0.6 is 0 Å². The van der Waals surface area contributed by atoms with Crippen LogP contribution in [0.2, 0.25) is 0 Å². The van der Waals surface area contributed by atoms with Gasteiger partial charge in [-0.25, -0.2) is 0 Å². The van der Waals surface area contributed by atoms with Gasteiger partial charge in [0, 0.05) is 6.54 Å². The van der Waals surface area contributed by atoms with Gasteiger partial charge in [0.2, 0.25) is 0 Å². The number of aldehydes is 1. The summed E-state index contributed by atoms with van der Waals surface area (Å²) < 4.78 is 0.